The van der Waals surface area contributed by atoms with Crippen molar-refractivity contribution in [2.45, 2.75) is 102 Å². The van der Waals surface area contributed by atoms with Crippen molar-refractivity contribution in [1.82, 2.24) is 0 Å². The van der Waals surface area contributed by atoms with Crippen LogP contribution in [-0.4, -0.2) is 11.8 Å². The monoisotopic (exact) mass is 440 g/mol. The van der Waals surface area contributed by atoms with Crippen molar-refractivity contribution in [3.8, 4) is 0 Å². The summed E-state index contributed by atoms with van der Waals surface area (Å²) in [5.41, 5.74) is -0.104. The van der Waals surface area contributed by atoms with Gasteiger partial charge in [0.15, 0.2) is 11.8 Å². The predicted octanol–water partition coefficient (Wildman–Crippen LogP) is 9.27. The zero-order valence-electron chi connectivity index (χ0n) is 20.0. The van der Waals surface area contributed by atoms with Crippen LogP contribution in [0.2, 0.25) is 0 Å². The van der Waals surface area contributed by atoms with Crippen molar-refractivity contribution in [1.29, 1.82) is 0 Å². The normalized spacial score (nSPS) is 35.5. The van der Waals surface area contributed by atoms with Crippen molar-refractivity contribution < 1.29 is 8.78 Å². The highest BCUT2D eigenvalue weighted by atomic mass is 19.2. The second-order valence-corrected chi connectivity index (χ2v) is 10.9. The number of hydrogen-bond acceptors (Lipinski definition) is 0. The van der Waals surface area contributed by atoms with Gasteiger partial charge in [-0.05, 0) is 59.8 Å². The van der Waals surface area contributed by atoms with E-state index in [4.69, 9.17) is 0 Å². The molecule has 176 valence electrons. The molecule has 3 aliphatic rings. The maximum absolute atomic E-state index is 15.4. The van der Waals surface area contributed by atoms with Gasteiger partial charge in [-0.2, -0.15) is 0 Å². The number of allylic oxidation sites excluding steroid dienone is 4. The maximum Gasteiger partial charge on any atom is 0.164 e. The van der Waals surface area contributed by atoms with E-state index in [0.717, 1.165) is 35.3 Å². The summed E-state index contributed by atoms with van der Waals surface area (Å²) in [5, 5.41) is 0. The third kappa shape index (κ3) is 6.12. The quantitative estimate of drug-likeness (QED) is 0.378. The number of halogens is 2. The zero-order chi connectivity index (χ0) is 22.4. The highest BCUT2D eigenvalue weighted by Crippen LogP contribution is 2.41. The molecule has 1 aromatic carbocycles. The summed E-state index contributed by atoms with van der Waals surface area (Å²) in [5.74, 6) is 3.40. The fourth-order valence-electron chi connectivity index (χ4n) is 6.35. The summed E-state index contributed by atoms with van der Waals surface area (Å²) in [4.78, 5) is 0. The van der Waals surface area contributed by atoms with Gasteiger partial charge in [-0.15, -0.1) is 0 Å². The van der Waals surface area contributed by atoms with Gasteiger partial charge in [0.05, 0.1) is 0 Å². The average Bonchev–Trinajstić information content (AvgIpc) is 2.85. The van der Waals surface area contributed by atoms with Gasteiger partial charge in [0.1, 0.15) is 0 Å². The van der Waals surface area contributed by atoms with Crippen LogP contribution >= 0.6 is 0 Å². The Kier molecular flexibility index (Phi) is 8.24. The van der Waals surface area contributed by atoms with Gasteiger partial charge in [-0.25, -0.2) is 8.78 Å². The van der Waals surface area contributed by atoms with Gasteiger partial charge in [0.25, 0.3) is 0 Å². The lowest BCUT2D eigenvalue weighted by Crippen LogP contribution is -2.34. The fourth-order valence-corrected chi connectivity index (χ4v) is 6.35. The van der Waals surface area contributed by atoms with E-state index in [0.29, 0.717) is 12.3 Å². The van der Waals surface area contributed by atoms with Gasteiger partial charge >= 0.3 is 0 Å². The van der Waals surface area contributed by atoms with Gasteiger partial charge in [-0.1, -0.05) is 114 Å². The molecule has 2 saturated carbocycles. The number of hydrogen-bond donors (Lipinski definition) is 0. The first-order valence-corrected chi connectivity index (χ1v) is 13.3. The van der Waals surface area contributed by atoms with Crippen LogP contribution in [0.5, 0.6) is 0 Å². The minimum atomic E-state index is -1.84. The molecule has 3 aliphatic carbocycles. The second-order valence-electron chi connectivity index (χ2n) is 10.9. The molecule has 2 atom stereocenters. The third-order valence-electron chi connectivity index (χ3n) is 8.86. The highest BCUT2D eigenvalue weighted by molar-refractivity contribution is 5.76. The molecular formula is C30H42F2. The molecule has 2 heteroatoms. The van der Waals surface area contributed by atoms with E-state index in [1.54, 1.807) is 6.08 Å². The first-order chi connectivity index (χ1) is 15.6. The van der Waals surface area contributed by atoms with Crippen molar-refractivity contribution in [2.24, 2.45) is 23.7 Å². The summed E-state index contributed by atoms with van der Waals surface area (Å²) in [7, 11) is 0. The lowest BCUT2D eigenvalue weighted by Gasteiger charge is -2.33. The average molecular weight is 441 g/mol. The minimum Gasteiger partial charge on any atom is -0.239 e. The molecule has 1 aromatic rings. The summed E-state index contributed by atoms with van der Waals surface area (Å²) >= 11 is 0. The van der Waals surface area contributed by atoms with Gasteiger partial charge in [0.2, 0.25) is 0 Å². The van der Waals surface area contributed by atoms with E-state index in [2.05, 4.69) is 6.92 Å². The summed E-state index contributed by atoms with van der Waals surface area (Å²) in [6, 6.07) is 9.70. The highest BCUT2D eigenvalue weighted by Gasteiger charge is 2.39. The van der Waals surface area contributed by atoms with E-state index in [-0.39, 0.29) is 0 Å². The molecule has 0 spiro atoms. The molecule has 4 rings (SSSR count). The molecule has 0 aliphatic heterocycles. The van der Waals surface area contributed by atoms with Crippen molar-refractivity contribution in [3.63, 3.8) is 0 Å². The minimum absolute atomic E-state index is 0.305. The van der Waals surface area contributed by atoms with E-state index < -0.39 is 11.8 Å². The molecule has 2 unspecified atom stereocenters. The van der Waals surface area contributed by atoms with Crippen LogP contribution in [0.15, 0.2) is 48.6 Å². The Morgan fingerprint density at radius 2 is 1.31 bits per heavy atom. The summed E-state index contributed by atoms with van der Waals surface area (Å²) in [6.45, 7) is 2.34. The maximum atomic E-state index is 15.4. The van der Waals surface area contributed by atoms with Crippen LogP contribution in [0.1, 0.15) is 96.0 Å². The SMILES string of the molecule is CCC1CCC(CCC2CCC(CCC3(F)C=CC(c4ccccc4)=CC3F)CC2)CC1. The molecule has 0 aromatic heterocycles. The summed E-state index contributed by atoms with van der Waals surface area (Å²) < 4.78 is 30.2. The number of benzene rings is 1. The molecule has 32 heavy (non-hydrogen) atoms. The Hall–Kier alpha value is -1.44. The molecule has 0 N–H and O–H groups in total. The third-order valence-corrected chi connectivity index (χ3v) is 8.86. The first kappa shape index (κ1) is 23.7. The number of rotatable bonds is 8. The molecule has 2 fully saturated rings. The van der Waals surface area contributed by atoms with Gasteiger partial charge in [0, 0.05) is 0 Å². The molecule has 0 saturated heterocycles. The van der Waals surface area contributed by atoms with Crippen LogP contribution in [0.4, 0.5) is 8.78 Å². The predicted molar refractivity (Wildman–Crippen MR) is 132 cm³/mol. The second kappa shape index (κ2) is 11.1. The van der Waals surface area contributed by atoms with Crippen molar-refractivity contribution in [2.75, 3.05) is 0 Å². The van der Waals surface area contributed by atoms with Gasteiger partial charge in [-0.3, -0.25) is 0 Å². The molecular weight excluding hydrogens is 398 g/mol. The lowest BCUT2D eigenvalue weighted by molar-refractivity contribution is 0.101. The Labute approximate surface area is 194 Å². The standard InChI is InChI=1S/C30H42F2/c1-2-23-8-10-24(11-9-23)12-13-25-14-16-26(17-15-25)18-20-30(32)21-19-28(22-29(30)31)27-6-4-3-5-7-27/h3-7,19,21-26,29H,2,8-18,20H2,1H3. The van der Waals surface area contributed by atoms with E-state index in [1.165, 1.54) is 82.8 Å². The van der Waals surface area contributed by atoms with Gasteiger partial charge < -0.3 is 0 Å². The largest absolute Gasteiger partial charge is 0.239 e. The first-order valence-electron chi connectivity index (χ1n) is 13.3. The topological polar surface area (TPSA) is 0 Å². The van der Waals surface area contributed by atoms with Crippen LogP contribution < -0.4 is 0 Å². The lowest BCUT2D eigenvalue weighted by atomic mass is 9.74. The zero-order valence-corrected chi connectivity index (χ0v) is 20.0. The van der Waals surface area contributed by atoms with E-state index >= 15 is 4.39 Å². The molecule has 0 nitrogen and oxygen atoms in total. The molecule has 0 bridgehead atoms. The Morgan fingerprint density at radius 1 is 0.781 bits per heavy atom. The Balaban J connectivity index is 1.17. The molecule has 0 amide bonds. The van der Waals surface area contributed by atoms with Crippen molar-refractivity contribution in [3.05, 3.63) is 54.1 Å². The number of alkyl halides is 2. The van der Waals surface area contributed by atoms with Crippen LogP contribution in [0.3, 0.4) is 0 Å². The Morgan fingerprint density at radius 3 is 1.84 bits per heavy atom. The Bertz CT molecular complexity index is 750. The molecule has 0 heterocycles. The van der Waals surface area contributed by atoms with Crippen LogP contribution in [0.25, 0.3) is 5.57 Å². The van der Waals surface area contributed by atoms with E-state index in [9.17, 15) is 4.39 Å². The fraction of sp³-hybridized carbons (Fsp3) is 0.667. The van der Waals surface area contributed by atoms with Crippen LogP contribution in [-0.2, 0) is 0 Å². The molecule has 0 radical (unpaired) electrons. The van der Waals surface area contributed by atoms with Crippen molar-refractivity contribution >= 4 is 5.57 Å². The smallest absolute Gasteiger partial charge is 0.164 e. The van der Waals surface area contributed by atoms with Crippen LogP contribution in [0, 0.1) is 23.7 Å². The van der Waals surface area contributed by atoms with E-state index in [1.807, 2.05) is 30.3 Å². The summed E-state index contributed by atoms with van der Waals surface area (Å²) in [6.07, 6.45) is 19.3.